The fourth-order valence-corrected chi connectivity index (χ4v) is 4.18. The fourth-order valence-electron chi connectivity index (χ4n) is 2.90. The smallest absolute Gasteiger partial charge is 0.270 e. The van der Waals surface area contributed by atoms with Crippen LogP contribution in [0.1, 0.15) is 5.76 Å². The van der Waals surface area contributed by atoms with E-state index in [-0.39, 0.29) is 21.6 Å². The van der Waals surface area contributed by atoms with Gasteiger partial charge in [-0.25, -0.2) is 0 Å². The highest BCUT2D eigenvalue weighted by molar-refractivity contribution is 8.27. The number of furan rings is 1. The molecule has 1 aliphatic rings. The van der Waals surface area contributed by atoms with Crippen molar-refractivity contribution >= 4 is 57.3 Å². The first-order valence-electron chi connectivity index (χ1n) is 8.70. The van der Waals surface area contributed by atoms with Gasteiger partial charge in [-0.15, -0.1) is 0 Å². The van der Waals surface area contributed by atoms with Gasteiger partial charge in [-0.1, -0.05) is 36.1 Å². The second kappa shape index (κ2) is 8.13. The predicted molar refractivity (Wildman–Crippen MR) is 120 cm³/mol. The predicted octanol–water partition coefficient (Wildman–Crippen LogP) is 5.17. The number of nitrogens with zero attached hydrogens (tertiary/aromatic N) is 3. The molecule has 1 fully saturated rings. The number of nitro benzene ring substituents is 2. The Morgan fingerprint density at radius 1 is 0.968 bits per heavy atom. The second-order valence-electron chi connectivity index (χ2n) is 6.30. The highest BCUT2D eigenvalue weighted by Crippen LogP contribution is 2.37. The van der Waals surface area contributed by atoms with Gasteiger partial charge in [0, 0.05) is 35.9 Å². The molecule has 1 aliphatic heterocycles. The zero-order valence-electron chi connectivity index (χ0n) is 15.5. The number of anilines is 1. The van der Waals surface area contributed by atoms with Crippen molar-refractivity contribution in [1.82, 2.24) is 0 Å². The van der Waals surface area contributed by atoms with E-state index in [0.717, 1.165) is 11.8 Å². The number of non-ortho nitro benzene ring substituents is 2. The minimum Gasteiger partial charge on any atom is -0.457 e. The molecule has 3 aromatic rings. The SMILES string of the molecule is O=C1C(=Cc2ccc(-c3cccc([N+](=O)[O-])c3)o2)SC(=S)N1c1ccc([N+](=O)[O-])cc1. The molecule has 2 heterocycles. The molecule has 0 bridgehead atoms. The van der Waals surface area contributed by atoms with Crippen LogP contribution in [0, 0.1) is 20.2 Å². The zero-order chi connectivity index (χ0) is 22.1. The number of rotatable bonds is 5. The summed E-state index contributed by atoms with van der Waals surface area (Å²) in [6.07, 6.45) is 1.53. The molecule has 0 unspecified atom stereocenters. The van der Waals surface area contributed by atoms with E-state index in [2.05, 4.69) is 0 Å². The number of thioether (sulfide) groups is 1. The van der Waals surface area contributed by atoms with Crippen molar-refractivity contribution in [3.8, 4) is 11.3 Å². The van der Waals surface area contributed by atoms with Crippen LogP contribution in [0.3, 0.4) is 0 Å². The highest BCUT2D eigenvalue weighted by Gasteiger charge is 2.33. The van der Waals surface area contributed by atoms with Gasteiger partial charge in [-0.3, -0.25) is 29.9 Å². The average molecular weight is 453 g/mol. The van der Waals surface area contributed by atoms with E-state index in [9.17, 15) is 25.0 Å². The number of thiocarbonyl (C=S) groups is 1. The van der Waals surface area contributed by atoms with Crippen LogP contribution >= 0.6 is 24.0 Å². The summed E-state index contributed by atoms with van der Waals surface area (Å²) in [7, 11) is 0. The molecule has 4 rings (SSSR count). The zero-order valence-corrected chi connectivity index (χ0v) is 17.1. The number of carbonyl (C=O) groups is 1. The van der Waals surface area contributed by atoms with E-state index < -0.39 is 9.85 Å². The van der Waals surface area contributed by atoms with Crippen molar-refractivity contribution in [3.05, 3.63) is 91.6 Å². The van der Waals surface area contributed by atoms with E-state index >= 15 is 0 Å². The molecule has 154 valence electrons. The number of nitro groups is 2. The summed E-state index contributed by atoms with van der Waals surface area (Å²) in [5.74, 6) is 0.420. The first-order valence-corrected chi connectivity index (χ1v) is 9.93. The largest absolute Gasteiger partial charge is 0.457 e. The average Bonchev–Trinajstić information content (AvgIpc) is 3.33. The van der Waals surface area contributed by atoms with Crippen LogP contribution in [0.25, 0.3) is 17.4 Å². The Bertz CT molecular complexity index is 1270. The summed E-state index contributed by atoms with van der Waals surface area (Å²) in [5, 5.41) is 21.8. The Morgan fingerprint density at radius 3 is 2.35 bits per heavy atom. The molecule has 11 heteroatoms. The van der Waals surface area contributed by atoms with Crippen LogP contribution in [-0.2, 0) is 4.79 Å². The van der Waals surface area contributed by atoms with Gasteiger partial charge in [0.1, 0.15) is 11.5 Å². The molecular weight excluding hydrogens is 442 g/mol. The molecule has 0 aliphatic carbocycles. The fraction of sp³-hybridized carbons (Fsp3) is 0. The molecule has 0 radical (unpaired) electrons. The minimum absolute atomic E-state index is 0.0561. The van der Waals surface area contributed by atoms with Gasteiger partial charge in [0.05, 0.1) is 20.4 Å². The van der Waals surface area contributed by atoms with Crippen molar-refractivity contribution in [2.24, 2.45) is 0 Å². The molecule has 9 nitrogen and oxygen atoms in total. The number of amides is 1. The van der Waals surface area contributed by atoms with E-state index in [1.54, 1.807) is 24.3 Å². The Balaban J connectivity index is 1.58. The molecule has 31 heavy (non-hydrogen) atoms. The van der Waals surface area contributed by atoms with E-state index in [1.807, 2.05) is 0 Å². The lowest BCUT2D eigenvalue weighted by atomic mass is 10.1. The van der Waals surface area contributed by atoms with Crippen LogP contribution < -0.4 is 4.90 Å². The summed E-state index contributed by atoms with van der Waals surface area (Å²) < 4.78 is 6.02. The summed E-state index contributed by atoms with van der Waals surface area (Å²) in [6, 6.07) is 14.8. The van der Waals surface area contributed by atoms with Crippen molar-refractivity contribution in [3.63, 3.8) is 0 Å². The Labute approximate surface area is 184 Å². The molecule has 1 amide bonds. The van der Waals surface area contributed by atoms with Crippen molar-refractivity contribution in [1.29, 1.82) is 0 Å². The lowest BCUT2D eigenvalue weighted by Crippen LogP contribution is -2.27. The van der Waals surface area contributed by atoms with Crippen molar-refractivity contribution in [2.45, 2.75) is 0 Å². The molecule has 2 aromatic carbocycles. The van der Waals surface area contributed by atoms with E-state index in [4.69, 9.17) is 16.6 Å². The third kappa shape index (κ3) is 4.09. The van der Waals surface area contributed by atoms with Crippen LogP contribution in [0.2, 0.25) is 0 Å². The molecule has 0 saturated carbocycles. The molecule has 0 atom stereocenters. The maximum Gasteiger partial charge on any atom is 0.270 e. The molecule has 1 aromatic heterocycles. The molecule has 0 N–H and O–H groups in total. The normalized spacial score (nSPS) is 15.0. The van der Waals surface area contributed by atoms with E-state index in [0.29, 0.717) is 27.7 Å². The maximum absolute atomic E-state index is 12.8. The number of hydrogen-bond acceptors (Lipinski definition) is 8. The van der Waals surface area contributed by atoms with Gasteiger partial charge in [0.2, 0.25) is 0 Å². The minimum atomic E-state index is -0.524. The standard InChI is InChI=1S/C20H11N3O6S2/c24-19-18(31-20(30)21(19)13-4-6-14(7-5-13)22(25)26)11-16-8-9-17(29-16)12-2-1-3-15(10-12)23(27)28/h1-11H. The molecule has 1 saturated heterocycles. The van der Waals surface area contributed by atoms with Gasteiger partial charge in [-0.05, 0) is 24.3 Å². The van der Waals surface area contributed by atoms with Gasteiger partial charge in [-0.2, -0.15) is 0 Å². The summed E-state index contributed by atoms with van der Waals surface area (Å²) in [4.78, 5) is 35.2. The lowest BCUT2D eigenvalue weighted by Gasteiger charge is -2.13. The Morgan fingerprint density at radius 2 is 1.68 bits per heavy atom. The van der Waals surface area contributed by atoms with Crippen LogP contribution in [-0.4, -0.2) is 20.1 Å². The monoisotopic (exact) mass is 453 g/mol. The van der Waals surface area contributed by atoms with Gasteiger partial charge in [0.25, 0.3) is 17.3 Å². The van der Waals surface area contributed by atoms with Crippen LogP contribution in [0.15, 0.2) is 70.0 Å². The molecular formula is C20H11N3O6S2. The third-order valence-electron chi connectivity index (χ3n) is 4.35. The Hall–Kier alpha value is -3.83. The third-order valence-corrected chi connectivity index (χ3v) is 5.66. The number of benzene rings is 2. The van der Waals surface area contributed by atoms with E-state index in [1.165, 1.54) is 47.4 Å². The molecule has 0 spiro atoms. The second-order valence-corrected chi connectivity index (χ2v) is 7.98. The lowest BCUT2D eigenvalue weighted by molar-refractivity contribution is -0.385. The van der Waals surface area contributed by atoms with Gasteiger partial charge in [0.15, 0.2) is 4.32 Å². The first kappa shape index (κ1) is 20.4. The van der Waals surface area contributed by atoms with Gasteiger partial charge < -0.3 is 4.42 Å². The van der Waals surface area contributed by atoms with Crippen LogP contribution in [0.5, 0.6) is 0 Å². The maximum atomic E-state index is 12.8. The topological polar surface area (TPSA) is 120 Å². The van der Waals surface area contributed by atoms with Crippen LogP contribution in [0.4, 0.5) is 17.1 Å². The first-order chi connectivity index (χ1) is 14.8. The van der Waals surface area contributed by atoms with Crippen molar-refractivity contribution < 1.29 is 19.1 Å². The quantitative estimate of drug-likeness (QED) is 0.225. The van der Waals surface area contributed by atoms with Gasteiger partial charge >= 0.3 is 0 Å². The number of carbonyl (C=O) groups excluding carboxylic acids is 1. The number of hydrogen-bond donors (Lipinski definition) is 0. The summed E-state index contributed by atoms with van der Waals surface area (Å²) in [6.45, 7) is 0. The highest BCUT2D eigenvalue weighted by atomic mass is 32.2. The Kier molecular flexibility index (Phi) is 5.36. The summed E-state index contributed by atoms with van der Waals surface area (Å²) >= 11 is 6.38. The van der Waals surface area contributed by atoms with Crippen molar-refractivity contribution in [2.75, 3.05) is 4.90 Å². The summed E-state index contributed by atoms with van der Waals surface area (Å²) in [5.41, 5.74) is 0.814.